The van der Waals surface area contributed by atoms with E-state index in [2.05, 4.69) is 0 Å². The molecule has 0 aromatic carbocycles. The van der Waals surface area contributed by atoms with E-state index >= 15 is 0 Å². The average molecular weight is 153 g/mol. The van der Waals surface area contributed by atoms with Gasteiger partial charge < -0.3 is 0 Å². The van der Waals surface area contributed by atoms with Crippen molar-refractivity contribution in [1.29, 1.82) is 10.8 Å². The van der Waals surface area contributed by atoms with Crippen molar-refractivity contribution in [2.24, 2.45) is 0 Å². The van der Waals surface area contributed by atoms with Crippen molar-refractivity contribution in [1.82, 2.24) is 0 Å². The van der Waals surface area contributed by atoms with Gasteiger partial charge in [0.25, 0.3) is 0 Å². The van der Waals surface area contributed by atoms with Crippen LogP contribution in [0.3, 0.4) is 0 Å². The first kappa shape index (κ1) is 38.5. The topological polar surface area (TPSA) is 116 Å². The summed E-state index contributed by atoms with van der Waals surface area (Å²) in [6.07, 6.45) is 0.250. The van der Waals surface area contributed by atoms with E-state index in [0.29, 0.717) is 0 Å². The number of nitrogens with zero attached hydrogens (tertiary/aromatic N) is 2. The molecule has 0 saturated heterocycles. The van der Waals surface area contributed by atoms with Crippen molar-refractivity contribution in [3.05, 3.63) is 9.93 Å². The van der Waals surface area contributed by atoms with Crippen LogP contribution in [0.5, 0.6) is 0 Å². The van der Waals surface area contributed by atoms with Gasteiger partial charge in [-0.05, 0) is 0 Å². The average Bonchev–Trinajstić information content (AvgIpc) is 1.78. The molecule has 6 nitrogen and oxygen atoms in total. The van der Waals surface area contributed by atoms with Gasteiger partial charge in [-0.25, -0.2) is 0 Å². The van der Waals surface area contributed by atoms with E-state index in [1.807, 2.05) is 0 Å². The molecular formula is CArHeN2O4. The summed E-state index contributed by atoms with van der Waals surface area (Å²) in [6.45, 7) is 0. The predicted octanol–water partition coefficient (Wildman–Crippen LogP) is -0.486. The van der Waals surface area contributed by atoms with Gasteiger partial charge in [-0.2, -0.15) is 9.59 Å². The van der Waals surface area contributed by atoms with Crippen molar-refractivity contribution in [3.8, 4) is 0 Å². The Morgan fingerprint density at radius 3 is 1.00 bits per heavy atom. The quantitative estimate of drug-likeness (QED) is 0.433. The minimum atomic E-state index is 0. The Hall–Kier alpha value is -0.431. The summed E-state index contributed by atoms with van der Waals surface area (Å²) < 4.78 is 0. The third-order valence-corrected chi connectivity index (χ3v) is 0. The molecule has 0 saturated carbocycles. The van der Waals surface area contributed by atoms with Crippen LogP contribution in [-0.2, 0) is 9.59 Å². The molecule has 0 aliphatic heterocycles. The molecule has 0 N–H and O–H groups in total. The van der Waals surface area contributed by atoms with Gasteiger partial charge in [-0.1, -0.05) is 0 Å². The Labute approximate surface area is 80.0 Å². The van der Waals surface area contributed by atoms with E-state index in [1.54, 1.807) is 0 Å². The van der Waals surface area contributed by atoms with Crippen molar-refractivity contribution in [3.63, 3.8) is 0 Å². The Balaban J connectivity index is -0.00000000825. The zero-order valence-electron chi connectivity index (χ0n) is 4.09. The van der Waals surface area contributed by atoms with Gasteiger partial charge >= 0.3 is 6.15 Å². The van der Waals surface area contributed by atoms with Crippen LogP contribution in [0.1, 0.15) is 0 Å². The Kier molecular flexibility index (Phi) is 4320. The van der Waals surface area contributed by atoms with Crippen molar-refractivity contribution >= 4 is 6.15 Å². The molecule has 48 valence electrons. The fraction of sp³-hybridized carbons (Fsp3) is 0. The van der Waals surface area contributed by atoms with Gasteiger partial charge in [0.05, 0.1) is 0 Å². The van der Waals surface area contributed by atoms with Crippen LogP contribution < -0.4 is 0 Å². The van der Waals surface area contributed by atoms with Gasteiger partial charge in [0.2, 0.25) is 0 Å². The van der Waals surface area contributed by atoms with Crippen LogP contribution in [-0.4, -0.2) is 6.15 Å². The summed E-state index contributed by atoms with van der Waals surface area (Å²) in [5.74, 6) is 0. The molecule has 0 spiro atoms. The summed E-state index contributed by atoms with van der Waals surface area (Å²) in [7, 11) is 0. The molecule has 0 aromatic rings. The molecule has 0 fully saturated rings. The fourth-order valence-electron chi connectivity index (χ4n) is 0. The number of hydrogen-bond acceptors (Lipinski definition) is 6. The molecule has 0 rings (SSSR count). The molecule has 0 aliphatic carbocycles. The van der Waals surface area contributed by atoms with Gasteiger partial charge in [0.15, 0.2) is 0 Å². The van der Waals surface area contributed by atoms with Crippen molar-refractivity contribution < 1.29 is 53.5 Å². The molecule has 0 aromatic heterocycles. The molecule has 9 heavy (non-hydrogen) atoms. The molecule has 0 radical (unpaired) electrons. The Morgan fingerprint density at radius 2 is 1.00 bits per heavy atom. The Morgan fingerprint density at radius 1 is 1.00 bits per heavy atom. The zero-order chi connectivity index (χ0) is 6.71. The molecular weight excluding hydrogens is 153 g/mol. The number of hydrogen-bond donors (Lipinski definition) is 0. The third-order valence-electron chi connectivity index (χ3n) is 0. The van der Waals surface area contributed by atoms with E-state index in [-0.39, 0.29) is 50.0 Å². The second kappa shape index (κ2) is 1010. The fourth-order valence-corrected chi connectivity index (χ4v) is 0. The summed E-state index contributed by atoms with van der Waals surface area (Å²) >= 11 is 0. The largest absolute Gasteiger partial charge is 0.373 e. The van der Waals surface area contributed by atoms with Crippen molar-refractivity contribution in [2.45, 2.75) is 0 Å². The molecule has 0 atom stereocenters. The van der Waals surface area contributed by atoms with Crippen LogP contribution in [0.25, 0.3) is 0 Å². The first-order chi connectivity index (χ1) is 3.41. The molecule has 0 aliphatic rings. The molecule has 0 unspecified atom stereocenters. The summed E-state index contributed by atoms with van der Waals surface area (Å²) in [5, 5.41) is 12.0. The van der Waals surface area contributed by atoms with Crippen LogP contribution in [0.2, 0.25) is 0 Å². The van der Waals surface area contributed by atoms with Crippen LogP contribution in [0.15, 0.2) is 0 Å². The maximum absolute atomic E-state index is 8.12. The minimum absolute atomic E-state index is 0. The summed E-state index contributed by atoms with van der Waals surface area (Å²) in [5.41, 5.74) is 0. The van der Waals surface area contributed by atoms with Crippen LogP contribution in [0, 0.1) is 64.6 Å². The number of rotatable bonds is 0. The van der Waals surface area contributed by atoms with E-state index in [0.717, 1.165) is 0 Å². The predicted molar refractivity (Wildman–Crippen MR) is 15.2 cm³/mol. The molecule has 0 heterocycles. The van der Waals surface area contributed by atoms with E-state index in [1.165, 1.54) is 0 Å². The van der Waals surface area contributed by atoms with Crippen LogP contribution >= 0.6 is 0 Å². The van der Waals surface area contributed by atoms with Crippen LogP contribution in [0.4, 0.5) is 0 Å². The maximum atomic E-state index is 8.12. The smallest absolute Gasteiger partial charge is 0.186 e. The van der Waals surface area contributed by atoms with Gasteiger partial charge in [-0.15, -0.1) is 0 Å². The summed E-state index contributed by atoms with van der Waals surface area (Å²) in [4.78, 5) is 30.2. The Bertz CT molecular complexity index is 70.2. The van der Waals surface area contributed by atoms with Crippen molar-refractivity contribution in [2.75, 3.05) is 0 Å². The third kappa shape index (κ3) is 1260. The van der Waals surface area contributed by atoms with E-state index in [4.69, 9.17) is 30.3 Å². The van der Waals surface area contributed by atoms with E-state index in [9.17, 15) is 0 Å². The molecule has 0 bridgehead atoms. The molecule has 8 heteroatoms. The second-order valence-corrected chi connectivity index (χ2v) is 0.0833. The maximum Gasteiger partial charge on any atom is 0.373 e. The van der Waals surface area contributed by atoms with Gasteiger partial charge in [0, 0.05) is 64.6 Å². The SMILES string of the molecule is N#N.O=C=O.O=O.[9He].[Ar]. The monoisotopic (exact) mass is 153 g/mol. The summed E-state index contributed by atoms with van der Waals surface area (Å²) in [6, 6.07) is 0. The van der Waals surface area contributed by atoms with Gasteiger partial charge in [-0.3, -0.25) is 0 Å². The zero-order valence-corrected chi connectivity index (χ0v) is 4.80. The van der Waals surface area contributed by atoms with E-state index < -0.39 is 0 Å². The minimum Gasteiger partial charge on any atom is -0.186 e. The van der Waals surface area contributed by atoms with Gasteiger partial charge in [0.1, 0.15) is 0 Å². The normalized spacial score (nSPS) is 1.56. The second-order valence-electron chi connectivity index (χ2n) is 0.0833. The standard InChI is InChI=1S/CO2.Ar.He.N2.O2/c2-1-3;;;2*1-2/i;;1+5;;. The molecule has 0 amide bonds. The first-order valence-electron chi connectivity index (χ1n) is 0.775. The first-order valence-corrected chi connectivity index (χ1v) is 0.775. The number of carbonyl (C=O) groups excluding carboxylic acids is 2.